The number of rotatable bonds is 1. The monoisotopic (exact) mass is 259 g/mol. The number of hydrogen-bond donors (Lipinski definition) is 0. The molecule has 0 N–H and O–H groups in total. The predicted octanol–water partition coefficient (Wildman–Crippen LogP) is 3.02. The molecule has 0 aliphatic carbocycles. The highest BCUT2D eigenvalue weighted by molar-refractivity contribution is 8.13. The molecule has 0 unspecified atom stereocenters. The van der Waals surface area contributed by atoms with Gasteiger partial charge in [0.1, 0.15) is 5.15 Å². The summed E-state index contributed by atoms with van der Waals surface area (Å²) in [6, 6.07) is 1.64. The van der Waals surface area contributed by atoms with Crippen molar-refractivity contribution < 1.29 is 4.79 Å². The normalized spacial score (nSPS) is 9.27. The molecule has 1 heterocycles. The van der Waals surface area contributed by atoms with Crippen molar-refractivity contribution in [2.45, 2.75) is 6.92 Å². The zero-order chi connectivity index (χ0) is 11.3. The largest absolute Gasteiger partial charge is 0.288 e. The lowest BCUT2D eigenvalue weighted by atomic mass is 10.3. The summed E-state index contributed by atoms with van der Waals surface area (Å²) >= 11 is 12.7. The Morgan fingerprint density at radius 3 is 3.00 bits per heavy atom. The quantitative estimate of drug-likeness (QED) is 0.574. The molecular formula is C10H7Cl2NOS. The van der Waals surface area contributed by atoms with Gasteiger partial charge in [-0.3, -0.25) is 4.79 Å². The van der Waals surface area contributed by atoms with Crippen LogP contribution in [0.1, 0.15) is 12.5 Å². The van der Waals surface area contributed by atoms with E-state index >= 15 is 0 Å². The molecule has 15 heavy (non-hydrogen) atoms. The van der Waals surface area contributed by atoms with Crippen LogP contribution in [0.25, 0.3) is 0 Å². The summed E-state index contributed by atoms with van der Waals surface area (Å²) in [5, 5.41) is 0.849. The van der Waals surface area contributed by atoms with Crippen molar-refractivity contribution in [3.63, 3.8) is 0 Å². The van der Waals surface area contributed by atoms with Crippen LogP contribution < -0.4 is 0 Å². The molecule has 0 fully saturated rings. The van der Waals surface area contributed by atoms with E-state index in [2.05, 4.69) is 16.8 Å². The van der Waals surface area contributed by atoms with E-state index in [1.54, 1.807) is 6.07 Å². The third-order valence-corrected chi connectivity index (χ3v) is 2.58. The van der Waals surface area contributed by atoms with Crippen LogP contribution in [0.3, 0.4) is 0 Å². The topological polar surface area (TPSA) is 30.0 Å². The first-order valence-corrected chi connectivity index (χ1v) is 5.77. The smallest absolute Gasteiger partial charge is 0.186 e. The van der Waals surface area contributed by atoms with E-state index < -0.39 is 0 Å². The molecule has 0 aromatic carbocycles. The Bertz CT molecular complexity index is 437. The fourth-order valence-electron chi connectivity index (χ4n) is 0.779. The average Bonchev–Trinajstić information content (AvgIpc) is 2.17. The van der Waals surface area contributed by atoms with Crippen LogP contribution in [0, 0.1) is 11.8 Å². The number of pyridine rings is 1. The second kappa shape index (κ2) is 6.02. The van der Waals surface area contributed by atoms with E-state index in [0.717, 1.165) is 11.8 Å². The number of halogens is 2. The summed E-state index contributed by atoms with van der Waals surface area (Å²) in [5.41, 5.74) is 0.577. The Labute approximate surface area is 102 Å². The molecule has 0 aliphatic rings. The molecule has 1 rings (SSSR count). The number of carbonyl (C=O) groups excluding carboxylic acids is 1. The van der Waals surface area contributed by atoms with Crippen LogP contribution in [0.4, 0.5) is 0 Å². The first kappa shape index (κ1) is 12.4. The third kappa shape index (κ3) is 4.57. The van der Waals surface area contributed by atoms with Crippen molar-refractivity contribution in [1.82, 2.24) is 4.98 Å². The van der Waals surface area contributed by atoms with Crippen molar-refractivity contribution in [2.24, 2.45) is 0 Å². The Kier molecular flexibility index (Phi) is 4.97. The molecule has 78 valence electrons. The minimum atomic E-state index is 0.0413. The highest BCUT2D eigenvalue weighted by atomic mass is 35.5. The van der Waals surface area contributed by atoms with E-state index in [9.17, 15) is 4.79 Å². The number of thioether (sulfide) groups is 1. The van der Waals surface area contributed by atoms with Crippen LogP contribution in [0.5, 0.6) is 0 Å². The van der Waals surface area contributed by atoms with E-state index in [1.165, 1.54) is 13.1 Å². The summed E-state index contributed by atoms with van der Waals surface area (Å²) in [6.07, 6.45) is 1.46. The maximum absolute atomic E-state index is 10.6. The SMILES string of the molecule is CC(=O)SCC#Cc1cc(Cl)cnc1Cl. The second-order valence-electron chi connectivity index (χ2n) is 2.57. The average molecular weight is 260 g/mol. The van der Waals surface area contributed by atoms with Crippen LogP contribution in [-0.4, -0.2) is 15.9 Å². The van der Waals surface area contributed by atoms with Gasteiger partial charge < -0.3 is 0 Å². The molecule has 0 spiro atoms. The third-order valence-electron chi connectivity index (χ3n) is 1.38. The molecule has 5 heteroatoms. The Morgan fingerprint density at radius 2 is 2.33 bits per heavy atom. The van der Waals surface area contributed by atoms with Gasteiger partial charge in [0.25, 0.3) is 0 Å². The van der Waals surface area contributed by atoms with Crippen LogP contribution in [0.15, 0.2) is 12.3 Å². The summed E-state index contributed by atoms with van der Waals surface area (Å²) in [5.74, 6) is 6.06. The number of hydrogen-bond acceptors (Lipinski definition) is 3. The number of aromatic nitrogens is 1. The molecular weight excluding hydrogens is 253 g/mol. The van der Waals surface area contributed by atoms with Gasteiger partial charge >= 0.3 is 0 Å². The van der Waals surface area contributed by atoms with Crippen molar-refractivity contribution in [1.29, 1.82) is 0 Å². The lowest BCUT2D eigenvalue weighted by Crippen LogP contribution is -1.84. The Morgan fingerprint density at radius 1 is 1.60 bits per heavy atom. The highest BCUT2D eigenvalue weighted by Gasteiger charge is 1.98. The minimum absolute atomic E-state index is 0.0413. The summed E-state index contributed by atoms with van der Waals surface area (Å²) in [7, 11) is 0. The van der Waals surface area contributed by atoms with Gasteiger partial charge in [-0.05, 0) is 6.07 Å². The lowest BCUT2D eigenvalue weighted by molar-refractivity contribution is -0.109. The fourth-order valence-corrected chi connectivity index (χ4v) is 1.44. The molecule has 0 aliphatic heterocycles. The van der Waals surface area contributed by atoms with Crippen LogP contribution >= 0.6 is 35.0 Å². The maximum atomic E-state index is 10.6. The van der Waals surface area contributed by atoms with E-state index in [1.807, 2.05) is 0 Å². The molecule has 1 aromatic heterocycles. The zero-order valence-corrected chi connectivity index (χ0v) is 10.2. The van der Waals surface area contributed by atoms with Gasteiger partial charge in [0.05, 0.1) is 16.3 Å². The first-order valence-electron chi connectivity index (χ1n) is 4.03. The second-order valence-corrected chi connectivity index (χ2v) is 4.52. The molecule has 0 amide bonds. The fraction of sp³-hybridized carbons (Fsp3) is 0.200. The summed E-state index contributed by atoms with van der Waals surface area (Å²) in [4.78, 5) is 14.5. The van der Waals surface area contributed by atoms with Gasteiger partial charge in [-0.1, -0.05) is 46.8 Å². The Balaban J connectivity index is 2.71. The van der Waals surface area contributed by atoms with E-state index in [-0.39, 0.29) is 5.12 Å². The van der Waals surface area contributed by atoms with Crippen LogP contribution in [-0.2, 0) is 4.79 Å². The molecule has 0 radical (unpaired) electrons. The Hall–Kier alpha value is -0.690. The van der Waals surface area contributed by atoms with Gasteiger partial charge in [0.2, 0.25) is 0 Å². The van der Waals surface area contributed by atoms with E-state index in [0.29, 0.717) is 21.5 Å². The van der Waals surface area contributed by atoms with Gasteiger partial charge in [-0.2, -0.15) is 0 Å². The first-order chi connectivity index (χ1) is 7.09. The van der Waals surface area contributed by atoms with Gasteiger partial charge in [0, 0.05) is 13.1 Å². The number of carbonyl (C=O) groups is 1. The van der Waals surface area contributed by atoms with Crippen molar-refractivity contribution in [3.05, 3.63) is 28.0 Å². The van der Waals surface area contributed by atoms with Gasteiger partial charge in [-0.15, -0.1) is 0 Å². The van der Waals surface area contributed by atoms with Crippen molar-refractivity contribution in [2.75, 3.05) is 5.75 Å². The molecule has 0 saturated carbocycles. The zero-order valence-electron chi connectivity index (χ0n) is 7.88. The summed E-state index contributed by atoms with van der Waals surface area (Å²) < 4.78 is 0. The molecule has 0 bridgehead atoms. The molecule has 0 saturated heterocycles. The molecule has 0 atom stereocenters. The standard InChI is InChI=1S/C10H7Cl2NOS/c1-7(14)15-4-2-3-8-5-9(11)6-13-10(8)12/h5-6H,4H2,1H3. The van der Waals surface area contributed by atoms with Crippen molar-refractivity contribution >= 4 is 40.1 Å². The molecule has 1 aromatic rings. The van der Waals surface area contributed by atoms with Gasteiger partial charge in [0.15, 0.2) is 5.12 Å². The number of nitrogens with zero attached hydrogens (tertiary/aromatic N) is 1. The lowest BCUT2D eigenvalue weighted by Gasteiger charge is -1.94. The maximum Gasteiger partial charge on any atom is 0.186 e. The molecule has 2 nitrogen and oxygen atoms in total. The predicted molar refractivity (Wildman–Crippen MR) is 64.3 cm³/mol. The minimum Gasteiger partial charge on any atom is -0.288 e. The van der Waals surface area contributed by atoms with Crippen LogP contribution in [0.2, 0.25) is 10.2 Å². The van der Waals surface area contributed by atoms with Crippen molar-refractivity contribution in [3.8, 4) is 11.8 Å². The summed E-state index contributed by atoms with van der Waals surface area (Å²) in [6.45, 7) is 1.50. The van der Waals surface area contributed by atoms with Gasteiger partial charge in [-0.25, -0.2) is 4.98 Å². The van der Waals surface area contributed by atoms with E-state index in [4.69, 9.17) is 23.2 Å². The highest BCUT2D eigenvalue weighted by Crippen LogP contribution is 2.16.